The fourth-order valence-corrected chi connectivity index (χ4v) is 2.33. The Morgan fingerprint density at radius 3 is 3.38 bits per heavy atom. The van der Waals surface area contributed by atoms with Crippen LogP contribution in [-0.2, 0) is 0 Å². The summed E-state index contributed by atoms with van der Waals surface area (Å²) in [6.45, 7) is 0. The van der Waals surface area contributed by atoms with E-state index in [1.807, 2.05) is 11.8 Å². The maximum atomic E-state index is 2.27. The Labute approximate surface area is 53.7 Å². The van der Waals surface area contributed by atoms with Crippen molar-refractivity contribution in [3.8, 4) is 0 Å². The van der Waals surface area contributed by atoms with E-state index in [1.165, 1.54) is 18.6 Å². The summed E-state index contributed by atoms with van der Waals surface area (Å²) in [5.74, 6) is 1.33. The van der Waals surface area contributed by atoms with E-state index in [0.29, 0.717) is 0 Å². The van der Waals surface area contributed by atoms with Crippen LogP contribution in [0.5, 0.6) is 0 Å². The van der Waals surface area contributed by atoms with E-state index in [2.05, 4.69) is 12.2 Å². The molecule has 1 heterocycles. The summed E-state index contributed by atoms with van der Waals surface area (Å²) < 4.78 is 0. The molecule has 0 unspecified atom stereocenters. The molecular formula is C7H8S. The van der Waals surface area contributed by atoms with Gasteiger partial charge in [-0.2, -0.15) is 0 Å². The quantitative estimate of drug-likeness (QED) is 0.477. The Kier molecular flexibility index (Phi) is 0.971. The van der Waals surface area contributed by atoms with E-state index in [0.717, 1.165) is 0 Å². The minimum Gasteiger partial charge on any atom is -0.130 e. The average Bonchev–Trinajstić information content (AvgIpc) is 2.15. The largest absolute Gasteiger partial charge is 0.130 e. The molecule has 0 aromatic carbocycles. The molecule has 0 aromatic heterocycles. The van der Waals surface area contributed by atoms with E-state index in [9.17, 15) is 0 Å². The molecule has 0 aromatic rings. The van der Waals surface area contributed by atoms with Crippen LogP contribution in [-0.4, -0.2) is 5.75 Å². The van der Waals surface area contributed by atoms with Gasteiger partial charge in [0, 0.05) is 5.75 Å². The summed E-state index contributed by atoms with van der Waals surface area (Å²) >= 11 is 2.03. The first kappa shape index (κ1) is 4.68. The van der Waals surface area contributed by atoms with Gasteiger partial charge in [-0.05, 0) is 23.3 Å². The maximum absolute atomic E-state index is 2.27. The lowest BCUT2D eigenvalue weighted by Crippen LogP contribution is -1.68. The second-order valence-corrected chi connectivity index (χ2v) is 3.34. The lowest BCUT2D eigenvalue weighted by atomic mass is 10.2. The van der Waals surface area contributed by atoms with Crippen LogP contribution in [0.2, 0.25) is 0 Å². The number of hydrogen-bond acceptors (Lipinski definition) is 1. The lowest BCUT2D eigenvalue weighted by Gasteiger charge is -1.87. The van der Waals surface area contributed by atoms with Gasteiger partial charge >= 0.3 is 0 Å². The molecule has 0 amide bonds. The van der Waals surface area contributed by atoms with Crippen molar-refractivity contribution in [3.05, 3.63) is 22.6 Å². The molecule has 0 atom stereocenters. The molecule has 0 saturated carbocycles. The molecule has 2 aliphatic rings. The molecule has 2 rings (SSSR count). The summed E-state index contributed by atoms with van der Waals surface area (Å²) in [7, 11) is 0. The van der Waals surface area contributed by atoms with Gasteiger partial charge in [0.1, 0.15) is 0 Å². The zero-order valence-corrected chi connectivity index (χ0v) is 5.50. The molecule has 0 nitrogen and oxygen atoms in total. The van der Waals surface area contributed by atoms with Crippen LogP contribution in [0.3, 0.4) is 0 Å². The third kappa shape index (κ3) is 0.543. The molecule has 0 fully saturated rings. The highest BCUT2D eigenvalue weighted by molar-refractivity contribution is 8.03. The average molecular weight is 124 g/mol. The van der Waals surface area contributed by atoms with Gasteiger partial charge in [0.05, 0.1) is 0 Å². The minimum atomic E-state index is 1.22. The van der Waals surface area contributed by atoms with Gasteiger partial charge in [0.15, 0.2) is 0 Å². The SMILES string of the molecule is C1=CC2=C(C1)SCC2. The fourth-order valence-electron chi connectivity index (χ4n) is 1.19. The van der Waals surface area contributed by atoms with Crippen molar-refractivity contribution in [1.82, 2.24) is 0 Å². The minimum absolute atomic E-state index is 1.22. The van der Waals surface area contributed by atoms with Gasteiger partial charge in [0.25, 0.3) is 0 Å². The van der Waals surface area contributed by atoms with Crippen LogP contribution in [0, 0.1) is 0 Å². The van der Waals surface area contributed by atoms with Crippen molar-refractivity contribution in [1.29, 1.82) is 0 Å². The Morgan fingerprint density at radius 2 is 2.50 bits per heavy atom. The zero-order valence-electron chi connectivity index (χ0n) is 4.68. The van der Waals surface area contributed by atoms with E-state index in [-0.39, 0.29) is 0 Å². The summed E-state index contributed by atoms with van der Waals surface area (Å²) in [6, 6.07) is 0. The van der Waals surface area contributed by atoms with Crippen molar-refractivity contribution in [2.24, 2.45) is 0 Å². The number of hydrogen-bond donors (Lipinski definition) is 0. The second kappa shape index (κ2) is 1.66. The van der Waals surface area contributed by atoms with E-state index >= 15 is 0 Å². The standard InChI is InChI=1S/C7H8S/c1-2-6-4-5-8-7(6)3-1/h1-2H,3-5H2. The molecule has 0 bridgehead atoms. The Morgan fingerprint density at radius 1 is 1.50 bits per heavy atom. The summed E-state index contributed by atoms with van der Waals surface area (Å²) in [5.41, 5.74) is 1.61. The highest BCUT2D eigenvalue weighted by Crippen LogP contribution is 2.38. The van der Waals surface area contributed by atoms with Crippen LogP contribution in [0.15, 0.2) is 22.6 Å². The van der Waals surface area contributed by atoms with Crippen LogP contribution in [0.25, 0.3) is 0 Å². The van der Waals surface area contributed by atoms with E-state index < -0.39 is 0 Å². The van der Waals surface area contributed by atoms with Crippen LogP contribution >= 0.6 is 11.8 Å². The highest BCUT2D eigenvalue weighted by Gasteiger charge is 2.14. The molecule has 42 valence electrons. The monoisotopic (exact) mass is 124 g/mol. The highest BCUT2D eigenvalue weighted by atomic mass is 32.2. The van der Waals surface area contributed by atoms with Gasteiger partial charge in [-0.1, -0.05) is 12.2 Å². The molecule has 0 spiro atoms. The van der Waals surface area contributed by atoms with Crippen molar-refractivity contribution in [2.45, 2.75) is 12.8 Å². The third-order valence-corrected chi connectivity index (χ3v) is 2.81. The molecule has 1 aliphatic carbocycles. The smallest absolute Gasteiger partial charge is 0.00178 e. The molecule has 0 radical (unpaired) electrons. The van der Waals surface area contributed by atoms with Crippen molar-refractivity contribution < 1.29 is 0 Å². The molecule has 0 saturated heterocycles. The number of rotatable bonds is 0. The van der Waals surface area contributed by atoms with Gasteiger partial charge in [-0.15, -0.1) is 11.8 Å². The van der Waals surface area contributed by atoms with Gasteiger partial charge in [-0.25, -0.2) is 0 Å². The van der Waals surface area contributed by atoms with E-state index in [1.54, 1.807) is 10.5 Å². The van der Waals surface area contributed by atoms with Gasteiger partial charge < -0.3 is 0 Å². The Bertz CT molecular complexity index is 165. The van der Waals surface area contributed by atoms with Crippen molar-refractivity contribution >= 4 is 11.8 Å². The van der Waals surface area contributed by atoms with Crippen LogP contribution in [0.1, 0.15) is 12.8 Å². The normalized spacial score (nSPS) is 25.0. The van der Waals surface area contributed by atoms with Gasteiger partial charge in [-0.3, -0.25) is 0 Å². The first-order valence-electron chi connectivity index (χ1n) is 2.98. The first-order valence-corrected chi connectivity index (χ1v) is 3.97. The predicted octanol–water partition coefficient (Wildman–Crippen LogP) is 2.34. The third-order valence-electron chi connectivity index (χ3n) is 1.63. The molecular weight excluding hydrogens is 116 g/mol. The Hall–Kier alpha value is -0.170. The molecule has 1 heteroatoms. The molecule has 8 heavy (non-hydrogen) atoms. The second-order valence-electron chi connectivity index (χ2n) is 2.15. The number of allylic oxidation sites excluding steroid dienone is 4. The fraction of sp³-hybridized carbons (Fsp3) is 0.429. The molecule has 0 N–H and O–H groups in total. The topological polar surface area (TPSA) is 0 Å². The summed E-state index contributed by atoms with van der Waals surface area (Å²) in [6.07, 6.45) is 7.07. The Balaban J connectivity index is 2.33. The predicted molar refractivity (Wildman–Crippen MR) is 37.9 cm³/mol. The van der Waals surface area contributed by atoms with Gasteiger partial charge in [0.2, 0.25) is 0 Å². The van der Waals surface area contributed by atoms with Crippen LogP contribution < -0.4 is 0 Å². The molecule has 1 aliphatic heterocycles. The van der Waals surface area contributed by atoms with Crippen molar-refractivity contribution in [3.63, 3.8) is 0 Å². The maximum Gasteiger partial charge on any atom is 0.00178 e. The van der Waals surface area contributed by atoms with Crippen molar-refractivity contribution in [2.75, 3.05) is 5.75 Å². The number of thioether (sulfide) groups is 1. The summed E-state index contributed by atoms with van der Waals surface area (Å²) in [4.78, 5) is 1.63. The first-order chi connectivity index (χ1) is 3.97. The van der Waals surface area contributed by atoms with E-state index in [4.69, 9.17) is 0 Å². The van der Waals surface area contributed by atoms with Crippen LogP contribution in [0.4, 0.5) is 0 Å². The lowest BCUT2D eigenvalue weighted by molar-refractivity contribution is 1.20. The summed E-state index contributed by atoms with van der Waals surface area (Å²) in [5, 5.41) is 0. The zero-order chi connectivity index (χ0) is 5.40.